The average Bonchev–Trinajstić information content (AvgIpc) is 2.65. The molecule has 3 aromatic rings. The van der Waals surface area contributed by atoms with E-state index in [9.17, 15) is 0 Å². The van der Waals surface area contributed by atoms with Crippen LogP contribution in [0.1, 0.15) is 5.56 Å². The predicted molar refractivity (Wildman–Crippen MR) is 104 cm³/mol. The largest absolute Gasteiger partial charge is 0.496 e. The summed E-state index contributed by atoms with van der Waals surface area (Å²) >= 11 is 12.6. The van der Waals surface area contributed by atoms with Gasteiger partial charge in [-0.3, -0.25) is 0 Å². The number of rotatable bonds is 5. The second-order valence-electron chi connectivity index (χ2n) is 5.55. The molecule has 5 heteroatoms. The first kappa shape index (κ1) is 18.1. The van der Waals surface area contributed by atoms with Crippen molar-refractivity contribution in [3.05, 3.63) is 76.3 Å². The first-order valence-corrected chi connectivity index (χ1v) is 8.64. The van der Waals surface area contributed by atoms with Crippen LogP contribution in [0.5, 0.6) is 17.2 Å². The molecule has 0 unspecified atom stereocenters. The van der Waals surface area contributed by atoms with Gasteiger partial charge in [-0.2, -0.15) is 5.26 Å². The Morgan fingerprint density at radius 2 is 1.65 bits per heavy atom. The highest BCUT2D eigenvalue weighted by molar-refractivity contribution is 6.37. The third-order valence-corrected chi connectivity index (χ3v) is 4.38. The summed E-state index contributed by atoms with van der Waals surface area (Å²) in [6, 6.07) is 20.8. The Balaban J connectivity index is 1.98. The summed E-state index contributed by atoms with van der Waals surface area (Å²) < 4.78 is 11.4. The minimum absolute atomic E-state index is 0.237. The molecule has 26 heavy (non-hydrogen) atoms. The van der Waals surface area contributed by atoms with Crippen molar-refractivity contribution in [1.82, 2.24) is 0 Å². The number of ether oxygens (including phenoxy) is 2. The summed E-state index contributed by atoms with van der Waals surface area (Å²) in [5.74, 6) is 1.69. The molecule has 0 N–H and O–H groups in total. The van der Waals surface area contributed by atoms with Gasteiger partial charge in [-0.05, 0) is 41.5 Å². The van der Waals surface area contributed by atoms with Crippen LogP contribution in [0.4, 0.5) is 0 Å². The zero-order valence-corrected chi connectivity index (χ0v) is 15.5. The zero-order chi connectivity index (χ0) is 18.5. The Hall–Kier alpha value is -2.67. The molecule has 0 saturated heterocycles. The number of halogens is 2. The molecule has 0 amide bonds. The van der Waals surface area contributed by atoms with Gasteiger partial charge in [0.15, 0.2) is 5.75 Å². The van der Waals surface area contributed by atoms with E-state index in [1.165, 1.54) is 0 Å². The SMILES string of the molecule is COc1ccc(Oc2c(Cl)cc(CC#N)cc2Cl)cc1-c1ccccc1. The van der Waals surface area contributed by atoms with Crippen molar-refractivity contribution in [2.24, 2.45) is 0 Å². The van der Waals surface area contributed by atoms with E-state index in [0.29, 0.717) is 21.5 Å². The molecule has 0 aromatic heterocycles. The molecule has 0 fully saturated rings. The molecular weight excluding hydrogens is 369 g/mol. The molecular formula is C21H15Cl2NO2. The van der Waals surface area contributed by atoms with E-state index in [2.05, 4.69) is 6.07 Å². The van der Waals surface area contributed by atoms with E-state index in [4.69, 9.17) is 37.9 Å². The quantitative estimate of drug-likeness (QED) is 0.502. The van der Waals surface area contributed by atoms with Crippen LogP contribution in [0.2, 0.25) is 10.0 Å². The smallest absolute Gasteiger partial charge is 0.164 e. The van der Waals surface area contributed by atoms with Crippen LogP contribution in [0, 0.1) is 11.3 Å². The first-order valence-electron chi connectivity index (χ1n) is 7.88. The Kier molecular flexibility index (Phi) is 5.68. The number of hydrogen-bond acceptors (Lipinski definition) is 3. The van der Waals surface area contributed by atoms with Crippen LogP contribution >= 0.6 is 23.2 Å². The fourth-order valence-corrected chi connectivity index (χ4v) is 3.22. The van der Waals surface area contributed by atoms with Gasteiger partial charge < -0.3 is 9.47 Å². The van der Waals surface area contributed by atoms with Crippen molar-refractivity contribution >= 4 is 23.2 Å². The first-order chi connectivity index (χ1) is 12.6. The van der Waals surface area contributed by atoms with E-state index in [-0.39, 0.29) is 6.42 Å². The fourth-order valence-electron chi connectivity index (χ4n) is 2.61. The minimum Gasteiger partial charge on any atom is -0.496 e. The number of hydrogen-bond donors (Lipinski definition) is 0. The monoisotopic (exact) mass is 383 g/mol. The van der Waals surface area contributed by atoms with E-state index < -0.39 is 0 Å². The lowest BCUT2D eigenvalue weighted by Crippen LogP contribution is -1.92. The molecule has 0 spiro atoms. The van der Waals surface area contributed by atoms with Crippen molar-refractivity contribution in [1.29, 1.82) is 5.26 Å². The molecule has 0 radical (unpaired) electrons. The van der Waals surface area contributed by atoms with Gasteiger partial charge in [0.25, 0.3) is 0 Å². The average molecular weight is 384 g/mol. The molecule has 0 aliphatic rings. The Labute approximate surface area is 162 Å². The summed E-state index contributed by atoms with van der Waals surface area (Å²) in [7, 11) is 1.63. The second kappa shape index (κ2) is 8.14. The van der Waals surface area contributed by atoms with Gasteiger partial charge in [0, 0.05) is 5.56 Å². The van der Waals surface area contributed by atoms with Gasteiger partial charge in [0.2, 0.25) is 0 Å². The molecule has 0 aliphatic carbocycles. The third kappa shape index (κ3) is 3.94. The van der Waals surface area contributed by atoms with Gasteiger partial charge >= 0.3 is 0 Å². The summed E-state index contributed by atoms with van der Waals surface area (Å²) in [5, 5.41) is 9.54. The molecule has 0 atom stereocenters. The molecule has 3 nitrogen and oxygen atoms in total. The molecule has 0 aliphatic heterocycles. The predicted octanol–water partition coefficient (Wildman–Crippen LogP) is 6.53. The number of nitrogens with zero attached hydrogens (tertiary/aromatic N) is 1. The highest BCUT2D eigenvalue weighted by Crippen LogP contribution is 2.40. The van der Waals surface area contributed by atoms with Crippen LogP contribution in [-0.4, -0.2) is 7.11 Å². The number of methoxy groups -OCH3 is 1. The van der Waals surface area contributed by atoms with Gasteiger partial charge in [-0.15, -0.1) is 0 Å². The summed E-state index contributed by atoms with van der Waals surface area (Å²) in [4.78, 5) is 0. The minimum atomic E-state index is 0.237. The number of benzene rings is 3. The van der Waals surface area contributed by atoms with Crippen LogP contribution in [0.15, 0.2) is 60.7 Å². The Morgan fingerprint density at radius 3 is 2.27 bits per heavy atom. The lowest BCUT2D eigenvalue weighted by Gasteiger charge is -2.14. The van der Waals surface area contributed by atoms with E-state index in [1.54, 1.807) is 25.3 Å². The normalized spacial score (nSPS) is 10.2. The Morgan fingerprint density at radius 1 is 0.962 bits per heavy atom. The molecule has 130 valence electrons. The van der Waals surface area contributed by atoms with Crippen molar-refractivity contribution in [2.75, 3.05) is 7.11 Å². The van der Waals surface area contributed by atoms with Crippen LogP contribution < -0.4 is 9.47 Å². The summed E-state index contributed by atoms with van der Waals surface area (Å²) in [6.45, 7) is 0. The van der Waals surface area contributed by atoms with Crippen molar-refractivity contribution in [3.8, 4) is 34.4 Å². The zero-order valence-electron chi connectivity index (χ0n) is 14.0. The van der Waals surface area contributed by atoms with E-state index >= 15 is 0 Å². The summed E-state index contributed by atoms with van der Waals surface area (Å²) in [6.07, 6.45) is 0.237. The maximum atomic E-state index is 8.81. The van der Waals surface area contributed by atoms with Crippen LogP contribution in [0.25, 0.3) is 11.1 Å². The van der Waals surface area contributed by atoms with Crippen molar-refractivity contribution in [2.45, 2.75) is 6.42 Å². The highest BCUT2D eigenvalue weighted by atomic mass is 35.5. The van der Waals surface area contributed by atoms with Crippen LogP contribution in [0.3, 0.4) is 0 Å². The fraction of sp³-hybridized carbons (Fsp3) is 0.0952. The molecule has 3 aromatic carbocycles. The van der Waals surface area contributed by atoms with Gasteiger partial charge in [-0.1, -0.05) is 53.5 Å². The molecule has 0 heterocycles. The standard InChI is InChI=1S/C21H15Cl2NO2/c1-25-20-8-7-16(13-17(20)15-5-3-2-4-6-15)26-21-18(22)11-14(9-10-24)12-19(21)23/h2-8,11-13H,9H2,1H3. The lowest BCUT2D eigenvalue weighted by molar-refractivity contribution is 0.414. The lowest BCUT2D eigenvalue weighted by atomic mass is 10.0. The van der Waals surface area contributed by atoms with Gasteiger partial charge in [-0.25, -0.2) is 0 Å². The highest BCUT2D eigenvalue weighted by Gasteiger charge is 2.13. The topological polar surface area (TPSA) is 42.2 Å². The number of nitriles is 1. The van der Waals surface area contributed by atoms with E-state index in [1.807, 2.05) is 42.5 Å². The van der Waals surface area contributed by atoms with Crippen LogP contribution in [-0.2, 0) is 6.42 Å². The summed E-state index contributed by atoms with van der Waals surface area (Å²) in [5.41, 5.74) is 2.66. The molecule has 0 saturated carbocycles. The maximum Gasteiger partial charge on any atom is 0.164 e. The van der Waals surface area contributed by atoms with Crippen molar-refractivity contribution < 1.29 is 9.47 Å². The Bertz CT molecular complexity index is 942. The third-order valence-electron chi connectivity index (χ3n) is 3.82. The van der Waals surface area contributed by atoms with Gasteiger partial charge in [0.1, 0.15) is 11.5 Å². The second-order valence-corrected chi connectivity index (χ2v) is 6.37. The molecule has 3 rings (SSSR count). The van der Waals surface area contributed by atoms with Crippen molar-refractivity contribution in [3.63, 3.8) is 0 Å². The van der Waals surface area contributed by atoms with Gasteiger partial charge in [0.05, 0.1) is 29.6 Å². The molecule has 0 bridgehead atoms. The van der Waals surface area contributed by atoms with E-state index in [0.717, 1.165) is 22.4 Å². The maximum absolute atomic E-state index is 8.81.